The van der Waals surface area contributed by atoms with Crippen molar-refractivity contribution in [2.75, 3.05) is 0 Å². The van der Waals surface area contributed by atoms with E-state index in [0.29, 0.717) is 0 Å². The standard InChI is InChI=1S/C11H9NO2/c1-7-3-2-4-8-5-6-9(11(13)14)12-10(7)8/h2-6H,1H3,(H,13,14). The molecule has 1 aromatic carbocycles. The third kappa shape index (κ3) is 1.33. The number of hydrogen-bond acceptors (Lipinski definition) is 2. The van der Waals surface area contributed by atoms with Crippen molar-refractivity contribution < 1.29 is 9.90 Å². The van der Waals surface area contributed by atoms with Gasteiger partial charge in [0.05, 0.1) is 5.52 Å². The second kappa shape index (κ2) is 3.10. The van der Waals surface area contributed by atoms with Gasteiger partial charge in [0.15, 0.2) is 0 Å². The van der Waals surface area contributed by atoms with Crippen molar-refractivity contribution in [3.05, 3.63) is 41.6 Å². The molecule has 0 aliphatic rings. The zero-order chi connectivity index (χ0) is 10.1. The van der Waals surface area contributed by atoms with Gasteiger partial charge in [-0.1, -0.05) is 24.3 Å². The summed E-state index contributed by atoms with van der Waals surface area (Å²) in [5.41, 5.74) is 1.84. The van der Waals surface area contributed by atoms with E-state index >= 15 is 0 Å². The van der Waals surface area contributed by atoms with Gasteiger partial charge in [-0.3, -0.25) is 0 Å². The molecule has 0 aliphatic heterocycles. The van der Waals surface area contributed by atoms with E-state index in [0.717, 1.165) is 16.5 Å². The molecule has 0 fully saturated rings. The molecule has 1 heterocycles. The molecule has 1 N–H and O–H groups in total. The van der Waals surface area contributed by atoms with Crippen LogP contribution in [0.4, 0.5) is 0 Å². The summed E-state index contributed by atoms with van der Waals surface area (Å²) in [5.74, 6) is -0.991. The lowest BCUT2D eigenvalue weighted by molar-refractivity contribution is 0.0691. The molecule has 0 saturated carbocycles. The molecule has 2 rings (SSSR count). The highest BCUT2D eigenvalue weighted by atomic mass is 16.4. The average Bonchev–Trinajstić information content (AvgIpc) is 2.18. The first kappa shape index (κ1) is 8.69. The molecule has 2 aromatic rings. The summed E-state index contributed by atoms with van der Waals surface area (Å²) in [6.07, 6.45) is 0. The Balaban J connectivity index is 2.76. The monoisotopic (exact) mass is 187 g/mol. The molecule has 0 unspecified atom stereocenters. The van der Waals surface area contributed by atoms with Crippen LogP contribution in [0.15, 0.2) is 30.3 Å². The maximum Gasteiger partial charge on any atom is 0.354 e. The number of benzene rings is 1. The van der Waals surface area contributed by atoms with Crippen LogP contribution in [-0.2, 0) is 0 Å². The molecule has 0 saturated heterocycles. The van der Waals surface area contributed by atoms with Crippen LogP contribution in [0.5, 0.6) is 0 Å². The Kier molecular flexibility index (Phi) is 1.93. The minimum Gasteiger partial charge on any atom is -0.477 e. The quantitative estimate of drug-likeness (QED) is 0.744. The van der Waals surface area contributed by atoms with Crippen LogP contribution in [0.3, 0.4) is 0 Å². The van der Waals surface area contributed by atoms with Crippen molar-refractivity contribution in [2.24, 2.45) is 0 Å². The zero-order valence-corrected chi connectivity index (χ0v) is 7.69. The predicted molar refractivity (Wildman–Crippen MR) is 53.4 cm³/mol. The van der Waals surface area contributed by atoms with E-state index in [9.17, 15) is 4.79 Å². The molecular formula is C11H9NO2. The van der Waals surface area contributed by atoms with Gasteiger partial charge in [0, 0.05) is 5.39 Å². The first-order chi connectivity index (χ1) is 6.68. The summed E-state index contributed by atoms with van der Waals surface area (Å²) in [6, 6.07) is 9.06. The minimum atomic E-state index is -0.991. The third-order valence-electron chi connectivity index (χ3n) is 2.14. The number of aromatic carboxylic acids is 1. The number of nitrogens with zero attached hydrogens (tertiary/aromatic N) is 1. The molecule has 3 heteroatoms. The summed E-state index contributed by atoms with van der Waals surface area (Å²) in [5, 5.41) is 9.74. The zero-order valence-electron chi connectivity index (χ0n) is 7.69. The average molecular weight is 187 g/mol. The second-order valence-electron chi connectivity index (χ2n) is 3.15. The number of hydrogen-bond donors (Lipinski definition) is 1. The van der Waals surface area contributed by atoms with Crippen molar-refractivity contribution in [2.45, 2.75) is 6.92 Å². The number of aryl methyl sites for hydroxylation is 1. The number of carboxylic acids is 1. The van der Waals surface area contributed by atoms with Crippen molar-refractivity contribution in [3.63, 3.8) is 0 Å². The van der Waals surface area contributed by atoms with Crippen molar-refractivity contribution in [3.8, 4) is 0 Å². The highest BCUT2D eigenvalue weighted by Gasteiger charge is 2.05. The maximum absolute atomic E-state index is 10.7. The SMILES string of the molecule is Cc1cccc2ccc(C(=O)O)nc12. The van der Waals surface area contributed by atoms with Crippen LogP contribution < -0.4 is 0 Å². The number of aromatic nitrogens is 1. The number of rotatable bonds is 1. The largest absolute Gasteiger partial charge is 0.477 e. The predicted octanol–water partition coefficient (Wildman–Crippen LogP) is 2.24. The molecule has 3 nitrogen and oxygen atoms in total. The highest BCUT2D eigenvalue weighted by Crippen LogP contribution is 2.16. The highest BCUT2D eigenvalue weighted by molar-refractivity contribution is 5.90. The Bertz CT molecular complexity index is 506. The first-order valence-electron chi connectivity index (χ1n) is 4.28. The van der Waals surface area contributed by atoms with Crippen LogP contribution in [0.2, 0.25) is 0 Å². The molecule has 0 bridgehead atoms. The Hall–Kier alpha value is -1.90. The molecule has 0 amide bonds. The molecule has 0 aliphatic carbocycles. The third-order valence-corrected chi connectivity index (χ3v) is 2.14. The topological polar surface area (TPSA) is 50.2 Å². The van der Waals surface area contributed by atoms with E-state index in [4.69, 9.17) is 5.11 Å². The fourth-order valence-corrected chi connectivity index (χ4v) is 1.41. The van der Waals surface area contributed by atoms with E-state index in [2.05, 4.69) is 4.98 Å². The van der Waals surface area contributed by atoms with Crippen molar-refractivity contribution in [1.29, 1.82) is 0 Å². The number of carboxylic acid groups (broad SMARTS) is 1. The molecule has 14 heavy (non-hydrogen) atoms. The molecular weight excluding hydrogens is 178 g/mol. The first-order valence-corrected chi connectivity index (χ1v) is 4.28. The summed E-state index contributed by atoms with van der Waals surface area (Å²) in [6.45, 7) is 1.92. The van der Waals surface area contributed by atoms with Crippen LogP contribution in [0, 0.1) is 6.92 Å². The van der Waals surface area contributed by atoms with Gasteiger partial charge in [-0.25, -0.2) is 9.78 Å². The van der Waals surface area contributed by atoms with Crippen LogP contribution in [-0.4, -0.2) is 16.1 Å². The van der Waals surface area contributed by atoms with Gasteiger partial charge in [0.25, 0.3) is 0 Å². The lowest BCUT2D eigenvalue weighted by Crippen LogP contribution is -2.00. The Labute approximate surface area is 81.0 Å². The van der Waals surface area contributed by atoms with E-state index in [1.165, 1.54) is 6.07 Å². The van der Waals surface area contributed by atoms with Crippen molar-refractivity contribution in [1.82, 2.24) is 4.98 Å². The number of para-hydroxylation sites is 1. The fraction of sp³-hybridized carbons (Fsp3) is 0.0909. The van der Waals surface area contributed by atoms with Crippen LogP contribution in [0.25, 0.3) is 10.9 Å². The van der Waals surface area contributed by atoms with Gasteiger partial charge >= 0.3 is 5.97 Å². The van der Waals surface area contributed by atoms with Crippen LogP contribution in [0.1, 0.15) is 16.1 Å². The number of fused-ring (bicyclic) bond motifs is 1. The minimum absolute atomic E-state index is 0.0896. The molecule has 70 valence electrons. The van der Waals surface area contributed by atoms with Gasteiger partial charge in [-0.15, -0.1) is 0 Å². The Morgan fingerprint density at radius 1 is 1.29 bits per heavy atom. The maximum atomic E-state index is 10.7. The fourth-order valence-electron chi connectivity index (χ4n) is 1.41. The van der Waals surface area contributed by atoms with Gasteiger partial charge < -0.3 is 5.11 Å². The molecule has 0 radical (unpaired) electrons. The summed E-state index contributed by atoms with van der Waals surface area (Å²) in [4.78, 5) is 14.8. The summed E-state index contributed by atoms with van der Waals surface area (Å²) >= 11 is 0. The molecule has 0 spiro atoms. The number of carbonyl (C=O) groups is 1. The Morgan fingerprint density at radius 3 is 2.79 bits per heavy atom. The van der Waals surface area contributed by atoms with E-state index in [-0.39, 0.29) is 5.69 Å². The normalized spacial score (nSPS) is 10.4. The Morgan fingerprint density at radius 2 is 2.07 bits per heavy atom. The van der Waals surface area contributed by atoms with Crippen LogP contribution >= 0.6 is 0 Å². The van der Waals surface area contributed by atoms with E-state index < -0.39 is 5.97 Å². The lowest BCUT2D eigenvalue weighted by atomic mass is 10.1. The smallest absolute Gasteiger partial charge is 0.354 e. The lowest BCUT2D eigenvalue weighted by Gasteiger charge is -2.01. The molecule has 1 aromatic heterocycles. The van der Waals surface area contributed by atoms with Gasteiger partial charge in [-0.2, -0.15) is 0 Å². The number of pyridine rings is 1. The summed E-state index contributed by atoms with van der Waals surface area (Å²) < 4.78 is 0. The van der Waals surface area contributed by atoms with Gasteiger partial charge in [-0.05, 0) is 18.6 Å². The molecule has 0 atom stereocenters. The summed E-state index contributed by atoms with van der Waals surface area (Å²) in [7, 11) is 0. The van der Waals surface area contributed by atoms with E-state index in [1.807, 2.05) is 25.1 Å². The van der Waals surface area contributed by atoms with Crippen molar-refractivity contribution >= 4 is 16.9 Å². The van der Waals surface area contributed by atoms with E-state index in [1.54, 1.807) is 6.07 Å². The second-order valence-corrected chi connectivity index (χ2v) is 3.15. The van der Waals surface area contributed by atoms with Gasteiger partial charge in [0.2, 0.25) is 0 Å². The van der Waals surface area contributed by atoms with Gasteiger partial charge in [0.1, 0.15) is 5.69 Å².